The van der Waals surface area contributed by atoms with E-state index >= 15 is 0 Å². The van der Waals surface area contributed by atoms with Gasteiger partial charge >= 0.3 is 63.3 Å². The molecule has 0 aliphatic carbocycles. The summed E-state index contributed by atoms with van der Waals surface area (Å²) >= 11 is 16.7. The van der Waals surface area contributed by atoms with Crippen molar-refractivity contribution in [2.75, 3.05) is 0 Å². The van der Waals surface area contributed by atoms with Crippen LogP contribution in [-0.2, 0) is 38.8 Å². The van der Waals surface area contributed by atoms with Gasteiger partial charge in [-0.2, -0.15) is 0 Å². The van der Waals surface area contributed by atoms with E-state index in [4.69, 9.17) is 45.6 Å². The van der Waals surface area contributed by atoms with Gasteiger partial charge < -0.3 is 35.0 Å². The average Bonchev–Trinajstić information content (AvgIpc) is 0.782. The van der Waals surface area contributed by atoms with Crippen molar-refractivity contribution in [1.29, 1.82) is 0 Å². The summed E-state index contributed by atoms with van der Waals surface area (Å²) in [5, 5.41) is 27.2. The number of pyridine rings is 2. The number of aromatic carboxylic acids is 2. The molecule has 6 aromatic carbocycles. The van der Waals surface area contributed by atoms with Gasteiger partial charge in [-0.05, 0) is 84.7 Å². The molecule has 0 spiro atoms. The number of fused-ring (bicyclic) bond motifs is 2. The molecule has 7 aromatic heterocycles. The average molecular weight is 1620 g/mol. The van der Waals surface area contributed by atoms with Crippen LogP contribution in [0.3, 0.4) is 0 Å². The Hall–Kier alpha value is -12.2. The summed E-state index contributed by atoms with van der Waals surface area (Å²) in [5.41, 5.74) is 15.5. The molecule has 0 saturated heterocycles. The number of carboxylic acids is 3. The van der Waals surface area contributed by atoms with Crippen molar-refractivity contribution in [3.05, 3.63) is 331 Å². The fraction of sp³-hybridized carbons (Fsp3) is 0.120. The number of aromatic nitrogens is 12. The summed E-state index contributed by atoms with van der Waals surface area (Å²) in [4.78, 5) is 161. The second-order valence-corrected chi connectivity index (χ2v) is 24.7. The number of halogens is 3. The maximum Gasteiger partial charge on any atom is 1.00 e. The van der Waals surface area contributed by atoms with Crippen LogP contribution in [0, 0.1) is 0 Å². The summed E-state index contributed by atoms with van der Waals surface area (Å²) in [6.07, 6.45) is 17.7. The molecule has 7 heterocycles. The van der Waals surface area contributed by atoms with Gasteiger partial charge in [-0.3, -0.25) is 38.4 Å². The number of nitrogens with zero attached hydrogens (tertiary/aromatic N) is 12. The fourth-order valence-electron chi connectivity index (χ4n) is 10.5. The molecule has 0 aliphatic heterocycles. The van der Waals surface area contributed by atoms with E-state index < -0.39 is 41.3 Å². The Kier molecular flexibility index (Phi) is 36.5. The van der Waals surface area contributed by atoms with Gasteiger partial charge in [0.15, 0.2) is 60.8 Å². The molecule has 0 radical (unpaired) electrons. The van der Waals surface area contributed by atoms with Crippen LogP contribution in [-0.4, -0.2) is 122 Å². The van der Waals surface area contributed by atoms with Crippen LogP contribution in [0.15, 0.2) is 259 Å². The number of aliphatic carboxylic acids is 1. The van der Waals surface area contributed by atoms with Gasteiger partial charge in [-0.1, -0.05) is 205 Å². The number of nitrogens with two attached hydrogens (primary N) is 1. The van der Waals surface area contributed by atoms with Crippen LogP contribution >= 0.6 is 34.8 Å². The summed E-state index contributed by atoms with van der Waals surface area (Å²) in [7, 11) is 0. The van der Waals surface area contributed by atoms with E-state index in [9.17, 15) is 63.0 Å². The normalized spacial score (nSPS) is 10.3. The zero-order valence-electron chi connectivity index (χ0n) is 62.0. The van der Waals surface area contributed by atoms with E-state index in [0.29, 0.717) is 30.9 Å². The molecule has 27 nitrogen and oxygen atoms in total. The van der Waals surface area contributed by atoms with Gasteiger partial charge in [-0.15, -0.1) is 0 Å². The number of rotatable bonds is 19. The topological polar surface area (TPSA) is 416 Å². The molecule has 0 aliphatic rings. The number of carbonyl (C=O) groups is 9. The van der Waals surface area contributed by atoms with E-state index in [1.165, 1.54) is 112 Å². The number of carbonyl (C=O) groups excluding carboxylic acids is 7. The third-order valence-electron chi connectivity index (χ3n) is 15.6. The number of ketones is 6. The van der Waals surface area contributed by atoms with E-state index in [1.807, 2.05) is 126 Å². The summed E-state index contributed by atoms with van der Waals surface area (Å²) in [5.74, 6) is -5.84. The number of Topliss-reactive ketones (excluding diaryl/α,β-unsaturated/α-hetero) is 6. The Morgan fingerprint density at radius 1 is 0.430 bits per heavy atom. The Morgan fingerprint density at radius 2 is 0.772 bits per heavy atom. The largest absolute Gasteiger partial charge is 1.00 e. The first-order valence-electron chi connectivity index (χ1n) is 33.8. The maximum absolute atomic E-state index is 12.5. The van der Waals surface area contributed by atoms with E-state index in [1.54, 1.807) is 23.9 Å². The van der Waals surface area contributed by atoms with Crippen LogP contribution in [0.4, 0.5) is 0 Å². The van der Waals surface area contributed by atoms with Crippen LogP contribution in [0.5, 0.6) is 0 Å². The maximum atomic E-state index is 12.5. The van der Waals surface area contributed by atoms with Crippen LogP contribution in [0.2, 0.25) is 15.5 Å². The van der Waals surface area contributed by atoms with Gasteiger partial charge in [-0.25, -0.2) is 59.4 Å². The van der Waals surface area contributed by atoms with Gasteiger partial charge in [0, 0.05) is 106 Å². The number of benzene rings is 6. The SMILES string of the molecule is CC(=O)CC(=O)[O-].CC(=O)CC(=O)c1nccnc1Cl.CC(=O)c1cn(Cc2ccccc2-c2ccccc2)c2nccnc2c1=O.CC=C(C(C)=O)C(=O)c1nccnc1Cl.NCc1ccccc1-c1ccccc1.O=C(O)c1cn(Cc2ccccc2-c2ccccc2)c2nccnc2c1=O.O=C(O)c1nccnc1Cl.[K+]. The number of hydrogen-bond acceptors (Lipinski definition) is 23. The molecular weight excluding hydrogens is 1550 g/mol. The fourth-order valence-corrected chi connectivity index (χ4v) is 11.1. The Labute approximate surface area is 709 Å². The standard InChI is InChI=1S/C22H17N3O2.C21H15N3O3.C13H13N.C10H9ClN2O2.C8H7ClN2O2.C5H3ClN2O2.C4H6O3.K/c1-15(26)19-14-25(22-20(21(19)27)23-11-12-24-22)13-17-9-5-6-10-18(17)16-7-3-2-4-8-16;25-19-17(21(26)27)13-24(20-18(19)22-10-11-23-20)12-15-8-4-5-9-16(15)14-6-2-1-3-7-14;14-10-12-8-4-5-9-13(12)11-6-2-1-3-7-11;1-3-7(6(2)14)9(15)8-10(11)13-5-4-12-8;1-5(12)4-6(13)7-8(9)11-3-2-10-7;6-4-3(5(9)10)7-1-2-8-4;1-3(5)2-4(6)7;/h2-12,14H,13H2,1H3;1-11,13H,12H2,(H,26,27);1-9H,10,14H2;3-5H,1-2H3;2-3H,4H2,1H3;1-2H,(H,9,10);2H2,1H3,(H,6,7);/q;;;;;;;+1/p-1. The van der Waals surface area contributed by atoms with Crippen LogP contribution in [0.25, 0.3) is 55.7 Å². The molecule has 31 heteroatoms. The molecule has 572 valence electrons. The number of allylic oxidation sites excluding steroid dienone is 2. The quantitative estimate of drug-likeness (QED) is 0.0223. The Balaban J connectivity index is 0.000000216. The van der Waals surface area contributed by atoms with Crippen LogP contribution < -0.4 is 73.1 Å². The Morgan fingerprint density at radius 3 is 1.11 bits per heavy atom. The molecule has 0 atom stereocenters. The molecule has 13 aromatic rings. The second-order valence-electron chi connectivity index (χ2n) is 23.6. The van der Waals surface area contributed by atoms with Gasteiger partial charge in [0.2, 0.25) is 16.6 Å². The van der Waals surface area contributed by atoms with Gasteiger partial charge in [0.1, 0.15) is 28.5 Å². The molecule has 0 bridgehead atoms. The third-order valence-corrected chi connectivity index (χ3v) is 16.4. The molecule has 4 N–H and O–H groups in total. The van der Waals surface area contributed by atoms with E-state index in [-0.39, 0.29) is 147 Å². The first kappa shape index (κ1) is 90.7. The first-order chi connectivity index (χ1) is 54.2. The van der Waals surface area contributed by atoms with E-state index in [2.05, 4.69) is 92.3 Å². The van der Waals surface area contributed by atoms with Crippen molar-refractivity contribution in [3.63, 3.8) is 0 Å². The molecule has 13 rings (SSSR count). The Bertz CT molecular complexity index is 5560. The summed E-state index contributed by atoms with van der Waals surface area (Å²) in [6.45, 7) is 8.28. The number of carboxylic acid groups (broad SMARTS) is 3. The minimum atomic E-state index is -1.31. The number of hydrogen-bond donors (Lipinski definition) is 3. The van der Waals surface area contributed by atoms with Gasteiger partial charge in [0.25, 0.3) is 0 Å². The van der Waals surface area contributed by atoms with Crippen molar-refractivity contribution in [2.24, 2.45) is 5.73 Å². The third kappa shape index (κ3) is 26.5. The smallest absolute Gasteiger partial charge is 0.550 e. The predicted octanol–water partition coefficient (Wildman–Crippen LogP) is 9.41. The van der Waals surface area contributed by atoms with Crippen molar-refractivity contribution in [3.8, 4) is 33.4 Å². The molecule has 0 fully saturated rings. The van der Waals surface area contributed by atoms with E-state index in [0.717, 1.165) is 33.4 Å². The summed E-state index contributed by atoms with van der Waals surface area (Å²) in [6, 6.07) is 54.5. The zero-order chi connectivity index (χ0) is 82.1. The van der Waals surface area contributed by atoms with Crippen molar-refractivity contribution < 1.29 is 110 Å². The minimum Gasteiger partial charge on any atom is -0.550 e. The molecule has 0 unspecified atom stereocenters. The molecule has 0 amide bonds. The minimum absolute atomic E-state index is 0. The zero-order valence-corrected chi connectivity index (χ0v) is 67.4. The molecule has 0 saturated carbocycles. The van der Waals surface area contributed by atoms with Gasteiger partial charge in [0.05, 0.1) is 17.6 Å². The van der Waals surface area contributed by atoms with Crippen molar-refractivity contribution in [1.82, 2.24) is 59.0 Å². The van der Waals surface area contributed by atoms with Crippen molar-refractivity contribution in [2.45, 2.75) is 67.1 Å². The van der Waals surface area contributed by atoms with Crippen LogP contribution in [0.1, 0.15) is 116 Å². The molecule has 114 heavy (non-hydrogen) atoms. The predicted molar refractivity (Wildman–Crippen MR) is 423 cm³/mol. The first-order valence-corrected chi connectivity index (χ1v) is 35.0. The monoisotopic (exact) mass is 1620 g/mol. The second kappa shape index (κ2) is 45.9. The van der Waals surface area contributed by atoms with Crippen molar-refractivity contribution >= 4 is 110 Å². The summed E-state index contributed by atoms with van der Waals surface area (Å²) < 4.78 is 3.48. The molecular formula is C83H69Cl3KN13O14.